The summed E-state index contributed by atoms with van der Waals surface area (Å²) in [4.78, 5) is 29.5. The summed E-state index contributed by atoms with van der Waals surface area (Å²) in [6.45, 7) is 0. The van der Waals surface area contributed by atoms with E-state index in [1.165, 1.54) is 11.8 Å². The number of carbonyl (C=O) groups is 1. The Morgan fingerprint density at radius 2 is 1.74 bits per heavy atom. The number of furan rings is 1. The first kappa shape index (κ1) is 21.0. The van der Waals surface area contributed by atoms with Crippen LogP contribution in [-0.4, -0.2) is 36.4 Å². The maximum absolute atomic E-state index is 12.7. The van der Waals surface area contributed by atoms with E-state index in [1.54, 1.807) is 18.2 Å². The fourth-order valence-corrected chi connectivity index (χ4v) is 4.61. The van der Waals surface area contributed by atoms with E-state index in [2.05, 4.69) is 25.5 Å². The van der Waals surface area contributed by atoms with Crippen molar-refractivity contribution in [3.8, 4) is 17.3 Å². The smallest absolute Gasteiger partial charge is 0.323 e. The molecule has 10 heteroatoms. The number of hydrogen-bond donors (Lipinski definition) is 3. The first-order valence-corrected chi connectivity index (χ1v) is 11.8. The van der Waals surface area contributed by atoms with Gasteiger partial charge in [0.15, 0.2) is 10.9 Å². The van der Waals surface area contributed by atoms with Gasteiger partial charge in [-0.3, -0.25) is 9.36 Å². The van der Waals surface area contributed by atoms with Gasteiger partial charge >= 0.3 is 5.69 Å². The zero-order chi connectivity index (χ0) is 23.8. The van der Waals surface area contributed by atoms with Crippen LogP contribution >= 0.6 is 11.8 Å². The summed E-state index contributed by atoms with van der Waals surface area (Å²) >= 11 is 1.27. The third kappa shape index (κ3) is 4.11. The number of nitrogens with one attached hydrogen (secondary N) is 3. The van der Waals surface area contributed by atoms with E-state index >= 15 is 0 Å². The van der Waals surface area contributed by atoms with Gasteiger partial charge in [0, 0.05) is 16.8 Å². The van der Waals surface area contributed by atoms with Gasteiger partial charge in [-0.1, -0.05) is 48.2 Å². The third-order valence-corrected chi connectivity index (χ3v) is 6.35. The average molecular weight is 483 g/mol. The van der Waals surface area contributed by atoms with Crippen molar-refractivity contribution >= 4 is 45.4 Å². The molecule has 172 valence electrons. The Bertz CT molecular complexity index is 1700. The Kier molecular flexibility index (Phi) is 5.19. The van der Waals surface area contributed by atoms with Crippen molar-refractivity contribution in [1.29, 1.82) is 0 Å². The van der Waals surface area contributed by atoms with Crippen LogP contribution in [0.1, 0.15) is 0 Å². The monoisotopic (exact) mass is 482 g/mol. The average Bonchev–Trinajstić information content (AvgIpc) is 3.58. The maximum atomic E-state index is 12.7. The Balaban J connectivity index is 1.27. The van der Waals surface area contributed by atoms with Crippen molar-refractivity contribution in [2.24, 2.45) is 0 Å². The minimum Gasteiger partial charge on any atom is -0.453 e. The summed E-state index contributed by atoms with van der Waals surface area (Å²) < 4.78 is 7.91. The lowest BCUT2D eigenvalue weighted by Crippen LogP contribution is -2.14. The van der Waals surface area contributed by atoms with Crippen LogP contribution in [0, 0.1) is 0 Å². The molecule has 0 aliphatic rings. The largest absolute Gasteiger partial charge is 0.453 e. The van der Waals surface area contributed by atoms with Crippen molar-refractivity contribution in [1.82, 2.24) is 24.7 Å². The Labute approximate surface area is 202 Å². The van der Waals surface area contributed by atoms with Gasteiger partial charge in [0.2, 0.25) is 11.7 Å². The van der Waals surface area contributed by atoms with E-state index < -0.39 is 0 Å². The number of benzene rings is 3. The molecule has 0 aliphatic carbocycles. The Hall–Kier alpha value is -4.57. The van der Waals surface area contributed by atoms with E-state index in [-0.39, 0.29) is 17.3 Å². The molecule has 9 nitrogen and oxygen atoms in total. The van der Waals surface area contributed by atoms with Crippen LogP contribution in [0.2, 0.25) is 0 Å². The number of para-hydroxylation sites is 2. The van der Waals surface area contributed by atoms with Crippen molar-refractivity contribution in [2.45, 2.75) is 5.16 Å². The third-order valence-electron chi connectivity index (χ3n) is 5.43. The van der Waals surface area contributed by atoms with Crippen LogP contribution in [0.4, 0.5) is 5.69 Å². The number of thioether (sulfide) groups is 1. The fourth-order valence-electron chi connectivity index (χ4n) is 3.86. The van der Waals surface area contributed by atoms with Crippen LogP contribution in [0.25, 0.3) is 39.3 Å². The summed E-state index contributed by atoms with van der Waals surface area (Å²) in [5.74, 6) is 1.05. The fraction of sp³-hybridized carbons (Fsp3) is 0.0400. The highest BCUT2D eigenvalue weighted by molar-refractivity contribution is 7.99. The van der Waals surface area contributed by atoms with Crippen LogP contribution in [0.5, 0.6) is 0 Å². The SMILES string of the molecule is O=C(CSc1nnc(-c2cc3ccccc3o2)n1-c1ccccc1)Nc1ccc2[nH]c(=O)[nH]c2c1. The van der Waals surface area contributed by atoms with Gasteiger partial charge < -0.3 is 19.7 Å². The zero-order valence-electron chi connectivity index (χ0n) is 18.2. The normalized spacial score (nSPS) is 11.3. The number of hydrogen-bond acceptors (Lipinski definition) is 6. The minimum atomic E-state index is -0.292. The predicted octanol–water partition coefficient (Wildman–Crippen LogP) is 4.58. The molecule has 3 aromatic heterocycles. The predicted molar refractivity (Wildman–Crippen MR) is 135 cm³/mol. The highest BCUT2D eigenvalue weighted by atomic mass is 32.2. The topological polar surface area (TPSA) is 122 Å². The van der Waals surface area contributed by atoms with Crippen LogP contribution in [0.3, 0.4) is 0 Å². The maximum Gasteiger partial charge on any atom is 0.323 e. The van der Waals surface area contributed by atoms with E-state index in [4.69, 9.17) is 4.42 Å². The van der Waals surface area contributed by atoms with Crippen LogP contribution in [0.15, 0.2) is 93.2 Å². The molecule has 0 fully saturated rings. The molecule has 3 N–H and O–H groups in total. The van der Waals surface area contributed by atoms with Crippen molar-refractivity contribution < 1.29 is 9.21 Å². The van der Waals surface area contributed by atoms with Gasteiger partial charge in [-0.15, -0.1) is 10.2 Å². The van der Waals surface area contributed by atoms with Gasteiger partial charge in [-0.05, 0) is 42.5 Å². The number of nitrogens with zero attached hydrogens (tertiary/aromatic N) is 3. The number of aromatic amines is 2. The minimum absolute atomic E-state index is 0.118. The molecule has 0 bridgehead atoms. The molecule has 0 atom stereocenters. The van der Waals surface area contributed by atoms with Gasteiger partial charge in [0.25, 0.3) is 0 Å². The van der Waals surface area contributed by atoms with Crippen molar-refractivity contribution in [2.75, 3.05) is 11.1 Å². The summed E-state index contributed by atoms with van der Waals surface area (Å²) in [5, 5.41) is 13.1. The molecule has 3 heterocycles. The van der Waals surface area contributed by atoms with E-state index in [1.807, 2.05) is 65.2 Å². The summed E-state index contributed by atoms with van der Waals surface area (Å²) in [7, 11) is 0. The lowest BCUT2D eigenvalue weighted by Gasteiger charge is -2.09. The van der Waals surface area contributed by atoms with E-state index in [9.17, 15) is 9.59 Å². The van der Waals surface area contributed by atoms with Crippen molar-refractivity contribution in [3.63, 3.8) is 0 Å². The van der Waals surface area contributed by atoms with Gasteiger partial charge in [-0.25, -0.2) is 4.79 Å². The molecule has 1 amide bonds. The first-order valence-electron chi connectivity index (χ1n) is 10.8. The molecule has 0 unspecified atom stereocenters. The molecule has 0 radical (unpaired) electrons. The molecule has 6 aromatic rings. The first-order chi connectivity index (χ1) is 17.1. The molecule has 0 aliphatic heterocycles. The van der Waals surface area contributed by atoms with Gasteiger partial charge in [0.1, 0.15) is 5.58 Å². The molecule has 0 saturated carbocycles. The quantitative estimate of drug-likeness (QED) is 0.299. The number of amides is 1. The Morgan fingerprint density at radius 3 is 2.60 bits per heavy atom. The number of fused-ring (bicyclic) bond motifs is 2. The Morgan fingerprint density at radius 1 is 0.943 bits per heavy atom. The second kappa shape index (κ2) is 8.65. The summed E-state index contributed by atoms with van der Waals surface area (Å²) in [6.07, 6.45) is 0. The van der Waals surface area contributed by atoms with E-state index in [0.29, 0.717) is 33.5 Å². The molecular weight excluding hydrogens is 464 g/mol. The molecule has 0 saturated heterocycles. The highest BCUT2D eigenvalue weighted by Crippen LogP contribution is 2.31. The van der Waals surface area contributed by atoms with Crippen molar-refractivity contribution in [3.05, 3.63) is 89.3 Å². The van der Waals surface area contributed by atoms with Gasteiger partial charge in [-0.2, -0.15) is 0 Å². The molecule has 6 rings (SSSR count). The van der Waals surface area contributed by atoms with Gasteiger partial charge in [0.05, 0.1) is 16.8 Å². The highest BCUT2D eigenvalue weighted by Gasteiger charge is 2.20. The second-order valence-corrected chi connectivity index (χ2v) is 8.74. The number of H-pyrrole nitrogens is 2. The van der Waals surface area contributed by atoms with E-state index in [0.717, 1.165) is 16.7 Å². The standard InChI is InChI=1S/C25H18N6O3S/c32-22(26-16-10-11-18-19(13-16)28-24(33)27-18)14-35-25-30-29-23(31(25)17-7-2-1-3-8-17)21-12-15-6-4-5-9-20(15)34-21/h1-13H,14H2,(H,26,32)(H2,27,28,33). The lowest BCUT2D eigenvalue weighted by molar-refractivity contribution is -0.113. The molecular formula is C25H18N6O3S. The van der Waals surface area contributed by atoms with Crippen LogP contribution in [-0.2, 0) is 4.79 Å². The number of imidazole rings is 1. The number of carbonyl (C=O) groups excluding carboxylic acids is 1. The number of aromatic nitrogens is 5. The molecule has 35 heavy (non-hydrogen) atoms. The number of anilines is 1. The molecule has 3 aromatic carbocycles. The van der Waals surface area contributed by atoms with Crippen LogP contribution < -0.4 is 11.0 Å². The lowest BCUT2D eigenvalue weighted by atomic mass is 10.2. The summed E-state index contributed by atoms with van der Waals surface area (Å²) in [6, 6.07) is 24.6. The summed E-state index contributed by atoms with van der Waals surface area (Å²) in [5.41, 5.74) is 3.22. The number of rotatable bonds is 6. The second-order valence-electron chi connectivity index (χ2n) is 7.80. The zero-order valence-corrected chi connectivity index (χ0v) is 19.0. The molecule has 0 spiro atoms.